The molecule has 3 aromatic heterocycles. The molecular weight excluding hydrogens is 400 g/mol. The minimum absolute atomic E-state index is 0.0440. The summed E-state index contributed by atoms with van der Waals surface area (Å²) < 4.78 is 3.16. The number of fused-ring (bicyclic) bond motifs is 1. The summed E-state index contributed by atoms with van der Waals surface area (Å²) >= 11 is 3.20. The zero-order valence-electron chi connectivity index (χ0n) is 16.4. The van der Waals surface area contributed by atoms with Crippen molar-refractivity contribution in [2.24, 2.45) is 0 Å². The fraction of sp³-hybridized carbons (Fsp3) is 0.227. The molecule has 29 heavy (non-hydrogen) atoms. The van der Waals surface area contributed by atoms with Crippen LogP contribution in [0.2, 0.25) is 0 Å². The summed E-state index contributed by atoms with van der Waals surface area (Å²) in [7, 11) is 0. The number of imidazole rings is 1. The Morgan fingerprint density at radius 1 is 1.31 bits per heavy atom. The minimum Gasteiger partial charge on any atom is -0.337 e. The molecule has 0 radical (unpaired) electrons. The van der Waals surface area contributed by atoms with Gasteiger partial charge < -0.3 is 4.57 Å². The molecule has 4 rings (SSSR count). The number of amides is 1. The lowest BCUT2D eigenvalue weighted by molar-refractivity contribution is -0.114. The molecule has 1 aromatic carbocycles. The van der Waals surface area contributed by atoms with Crippen LogP contribution in [0.3, 0.4) is 0 Å². The van der Waals surface area contributed by atoms with Crippen LogP contribution in [0, 0.1) is 13.8 Å². The highest BCUT2D eigenvalue weighted by Crippen LogP contribution is 2.32. The van der Waals surface area contributed by atoms with E-state index >= 15 is 0 Å². The van der Waals surface area contributed by atoms with Crippen molar-refractivity contribution in [2.75, 3.05) is 11.4 Å². The Balaban J connectivity index is 1.59. The van der Waals surface area contributed by atoms with Crippen molar-refractivity contribution in [3.8, 4) is 0 Å². The summed E-state index contributed by atoms with van der Waals surface area (Å²) in [5.74, 6) is -0.0440. The van der Waals surface area contributed by atoms with Gasteiger partial charge in [-0.05, 0) is 55.0 Å². The summed E-state index contributed by atoms with van der Waals surface area (Å²) in [6.07, 6.45) is 9.85. The van der Waals surface area contributed by atoms with Crippen molar-refractivity contribution in [2.45, 2.75) is 26.8 Å². The zero-order chi connectivity index (χ0) is 20.2. The Bertz CT molecular complexity index is 1130. The minimum atomic E-state index is -0.0440. The molecule has 0 aliphatic rings. The van der Waals surface area contributed by atoms with Gasteiger partial charge in [0.05, 0.1) is 16.5 Å². The van der Waals surface area contributed by atoms with E-state index in [2.05, 4.69) is 31.0 Å². The molecule has 7 heteroatoms. The summed E-state index contributed by atoms with van der Waals surface area (Å²) in [5, 5.41) is 2.76. The largest absolute Gasteiger partial charge is 0.337 e. The van der Waals surface area contributed by atoms with Crippen LogP contribution in [-0.4, -0.2) is 27.0 Å². The lowest BCUT2D eigenvalue weighted by Gasteiger charge is -2.18. The van der Waals surface area contributed by atoms with Gasteiger partial charge in [-0.1, -0.05) is 23.5 Å². The number of anilines is 1. The molecule has 5 nitrogen and oxygen atoms in total. The zero-order valence-corrected chi connectivity index (χ0v) is 18.0. The average molecular weight is 423 g/mol. The van der Waals surface area contributed by atoms with Gasteiger partial charge in [0.25, 0.3) is 5.91 Å². The van der Waals surface area contributed by atoms with Gasteiger partial charge in [0.1, 0.15) is 0 Å². The lowest BCUT2D eigenvalue weighted by Crippen LogP contribution is -2.30. The number of thiazole rings is 1. The Hall–Kier alpha value is -2.77. The van der Waals surface area contributed by atoms with Crippen molar-refractivity contribution >= 4 is 50.0 Å². The number of carbonyl (C=O) groups excluding carboxylic acids is 1. The lowest BCUT2D eigenvalue weighted by atomic mass is 10.1. The molecule has 0 spiro atoms. The Kier molecular flexibility index (Phi) is 5.87. The molecular formula is C22H22N4OS2. The first kappa shape index (κ1) is 19.5. The fourth-order valence-corrected chi connectivity index (χ4v) is 4.91. The quantitative estimate of drug-likeness (QED) is 0.379. The molecule has 0 aliphatic carbocycles. The second-order valence-corrected chi connectivity index (χ2v) is 8.88. The van der Waals surface area contributed by atoms with E-state index in [0.717, 1.165) is 33.2 Å². The highest BCUT2D eigenvalue weighted by Gasteiger charge is 2.18. The van der Waals surface area contributed by atoms with Crippen LogP contribution in [0.15, 0.2) is 54.4 Å². The number of benzene rings is 1. The van der Waals surface area contributed by atoms with E-state index in [9.17, 15) is 4.79 Å². The Labute approximate surface area is 178 Å². The standard InChI is InChI=1S/C22H22N4OS2/c1-16-13-17(2)21-19(14-16)24-22(29-21)26(10-4-9-25-11-8-23-15-25)20(27)7-6-18-5-3-12-28-18/h3,5-8,11-15H,4,9-10H2,1-2H3. The van der Waals surface area contributed by atoms with Crippen LogP contribution >= 0.6 is 22.7 Å². The van der Waals surface area contributed by atoms with Gasteiger partial charge in [-0.3, -0.25) is 9.69 Å². The normalized spacial score (nSPS) is 11.5. The third-order valence-corrected chi connectivity index (χ3v) is 6.66. The highest BCUT2D eigenvalue weighted by molar-refractivity contribution is 7.22. The molecule has 4 aromatic rings. The molecule has 0 saturated carbocycles. The van der Waals surface area contributed by atoms with Crippen molar-refractivity contribution in [3.05, 3.63) is 70.4 Å². The predicted octanol–water partition coefficient (Wildman–Crippen LogP) is 5.31. The molecule has 0 fully saturated rings. The van der Waals surface area contributed by atoms with Gasteiger partial charge in [0.15, 0.2) is 5.13 Å². The smallest absolute Gasteiger partial charge is 0.252 e. The van der Waals surface area contributed by atoms with E-state index in [0.29, 0.717) is 6.54 Å². The number of hydrogen-bond acceptors (Lipinski definition) is 5. The van der Waals surface area contributed by atoms with Gasteiger partial charge in [-0.15, -0.1) is 11.3 Å². The first-order valence-electron chi connectivity index (χ1n) is 9.47. The monoisotopic (exact) mass is 422 g/mol. The summed E-state index contributed by atoms with van der Waals surface area (Å²) in [6.45, 7) is 5.58. The SMILES string of the molecule is Cc1cc(C)c2sc(N(CCCn3ccnc3)C(=O)C=Cc3cccs3)nc2c1. The predicted molar refractivity (Wildman–Crippen MR) is 122 cm³/mol. The van der Waals surface area contributed by atoms with E-state index < -0.39 is 0 Å². The molecule has 0 bridgehead atoms. The maximum absolute atomic E-state index is 13.1. The van der Waals surface area contributed by atoms with Crippen LogP contribution in [0.1, 0.15) is 22.4 Å². The molecule has 148 valence electrons. The van der Waals surface area contributed by atoms with Gasteiger partial charge in [0, 0.05) is 36.4 Å². The van der Waals surface area contributed by atoms with Gasteiger partial charge in [0.2, 0.25) is 0 Å². The Morgan fingerprint density at radius 3 is 2.97 bits per heavy atom. The number of aryl methyl sites for hydroxylation is 3. The Morgan fingerprint density at radius 2 is 2.21 bits per heavy atom. The third-order valence-electron chi connectivity index (χ3n) is 4.60. The number of carbonyl (C=O) groups is 1. The van der Waals surface area contributed by atoms with E-state index in [-0.39, 0.29) is 5.91 Å². The van der Waals surface area contributed by atoms with Crippen molar-refractivity contribution in [1.29, 1.82) is 0 Å². The summed E-state index contributed by atoms with van der Waals surface area (Å²) in [4.78, 5) is 24.8. The first-order valence-corrected chi connectivity index (χ1v) is 11.2. The van der Waals surface area contributed by atoms with E-state index in [1.165, 1.54) is 11.1 Å². The summed E-state index contributed by atoms with van der Waals surface area (Å²) in [5.41, 5.74) is 3.34. The van der Waals surface area contributed by atoms with E-state index in [1.54, 1.807) is 46.2 Å². The molecule has 0 saturated heterocycles. The van der Waals surface area contributed by atoms with Crippen LogP contribution in [-0.2, 0) is 11.3 Å². The highest BCUT2D eigenvalue weighted by atomic mass is 32.1. The maximum atomic E-state index is 13.1. The maximum Gasteiger partial charge on any atom is 0.252 e. The second-order valence-electron chi connectivity index (χ2n) is 6.92. The second kappa shape index (κ2) is 8.71. The number of hydrogen-bond donors (Lipinski definition) is 0. The number of aromatic nitrogens is 3. The van der Waals surface area contributed by atoms with Crippen molar-refractivity contribution in [1.82, 2.24) is 14.5 Å². The van der Waals surface area contributed by atoms with E-state index in [1.807, 2.05) is 34.4 Å². The summed E-state index contributed by atoms with van der Waals surface area (Å²) in [6, 6.07) is 8.22. The molecule has 0 atom stereocenters. The first-order chi connectivity index (χ1) is 14.1. The van der Waals surface area contributed by atoms with Crippen molar-refractivity contribution < 1.29 is 4.79 Å². The molecule has 0 N–H and O–H groups in total. The van der Waals surface area contributed by atoms with Crippen LogP contribution < -0.4 is 4.90 Å². The molecule has 0 aliphatic heterocycles. The van der Waals surface area contributed by atoms with Gasteiger partial charge >= 0.3 is 0 Å². The fourth-order valence-electron chi connectivity index (χ4n) is 3.24. The number of nitrogens with zero attached hydrogens (tertiary/aromatic N) is 4. The number of rotatable bonds is 7. The molecule has 0 unspecified atom stereocenters. The number of thiophene rings is 1. The van der Waals surface area contributed by atoms with Gasteiger partial charge in [-0.2, -0.15) is 0 Å². The third kappa shape index (κ3) is 4.63. The van der Waals surface area contributed by atoms with Crippen LogP contribution in [0.25, 0.3) is 16.3 Å². The topological polar surface area (TPSA) is 51.0 Å². The van der Waals surface area contributed by atoms with Crippen LogP contribution in [0.4, 0.5) is 5.13 Å². The van der Waals surface area contributed by atoms with E-state index in [4.69, 9.17) is 4.98 Å². The molecule has 3 heterocycles. The van der Waals surface area contributed by atoms with Gasteiger partial charge in [-0.25, -0.2) is 9.97 Å². The van der Waals surface area contributed by atoms with Crippen molar-refractivity contribution in [3.63, 3.8) is 0 Å². The van der Waals surface area contributed by atoms with Crippen LogP contribution in [0.5, 0.6) is 0 Å². The average Bonchev–Trinajstić information content (AvgIpc) is 3.44. The molecule has 1 amide bonds.